The number of anilines is 2. The topological polar surface area (TPSA) is 109 Å². The van der Waals surface area contributed by atoms with E-state index in [1.165, 1.54) is 43.8 Å². The molecule has 0 amide bonds. The Labute approximate surface area is 243 Å². The van der Waals surface area contributed by atoms with Crippen LogP contribution < -0.4 is 19.5 Å². The Bertz CT molecular complexity index is 1770. The van der Waals surface area contributed by atoms with Crippen LogP contribution in [0.5, 0.6) is 23.0 Å². The lowest BCUT2D eigenvalue weighted by molar-refractivity contribution is -0.137. The lowest BCUT2D eigenvalue weighted by atomic mass is 9.94. The van der Waals surface area contributed by atoms with Gasteiger partial charge in [-0.1, -0.05) is 6.07 Å². The van der Waals surface area contributed by atoms with E-state index in [-0.39, 0.29) is 22.6 Å². The molecule has 0 atom stereocenters. The molecule has 12 heteroatoms. The second kappa shape index (κ2) is 12.3. The van der Waals surface area contributed by atoms with Gasteiger partial charge >= 0.3 is 6.18 Å². The number of carbonyl (C=O) groups is 2. The van der Waals surface area contributed by atoms with Crippen molar-refractivity contribution in [1.82, 2.24) is 9.97 Å². The maximum atomic E-state index is 13.2. The Hall–Kier alpha value is -5.23. The summed E-state index contributed by atoms with van der Waals surface area (Å²) in [4.78, 5) is 33.8. The highest BCUT2D eigenvalue weighted by molar-refractivity contribution is 6.34. The third-order valence-corrected chi connectivity index (χ3v) is 6.35. The molecule has 0 bridgehead atoms. The average Bonchev–Trinajstić information content (AvgIpc) is 2.99. The molecule has 5 rings (SSSR count). The van der Waals surface area contributed by atoms with Crippen molar-refractivity contribution in [3.05, 3.63) is 90.3 Å². The van der Waals surface area contributed by atoms with Crippen LogP contribution in [0.25, 0.3) is 16.5 Å². The molecular weight excluding hydrogens is 567 g/mol. The second-order valence-electron chi connectivity index (χ2n) is 9.20. The summed E-state index contributed by atoms with van der Waals surface area (Å²) >= 11 is 0. The number of alkyl halides is 3. The van der Waals surface area contributed by atoms with Crippen molar-refractivity contribution in [3.8, 4) is 23.0 Å². The van der Waals surface area contributed by atoms with Crippen LogP contribution in [0, 0.1) is 0 Å². The average molecular weight is 592 g/mol. The summed E-state index contributed by atoms with van der Waals surface area (Å²) in [5, 5.41) is 3.75. The molecule has 43 heavy (non-hydrogen) atoms. The standard InChI is InChI=1S/C31H24F3N3O6/c1-40-10-11-42-29-16-26-24(15-28(29)41-2)30(36-17-35-26)37-25-8-7-21(14-22(25)23-13-19(38)6-9-27(23)39)43-20-5-3-4-18(12-20)31(32,33)34/h3-9,12-17H,10-11H2,1-2H3,(H,35,36,37). The van der Waals surface area contributed by atoms with Crippen LogP contribution in [-0.4, -0.2) is 49.0 Å². The molecule has 0 saturated carbocycles. The largest absolute Gasteiger partial charge is 0.493 e. The van der Waals surface area contributed by atoms with Crippen molar-refractivity contribution < 1.29 is 41.7 Å². The predicted octanol–water partition coefficient (Wildman–Crippen LogP) is 6.31. The molecule has 220 valence electrons. The quantitative estimate of drug-likeness (QED) is 0.168. The zero-order chi connectivity index (χ0) is 30.6. The molecule has 0 aliphatic heterocycles. The lowest BCUT2D eigenvalue weighted by Gasteiger charge is -2.18. The molecule has 1 heterocycles. The highest BCUT2D eigenvalue weighted by atomic mass is 19.4. The zero-order valence-electron chi connectivity index (χ0n) is 22.9. The number of nitrogens with zero attached hydrogens (tertiary/aromatic N) is 2. The third-order valence-electron chi connectivity index (χ3n) is 6.35. The van der Waals surface area contributed by atoms with Crippen molar-refractivity contribution in [2.24, 2.45) is 0 Å². The second-order valence-corrected chi connectivity index (χ2v) is 9.20. The van der Waals surface area contributed by atoms with Crippen LogP contribution in [0.15, 0.2) is 79.2 Å². The van der Waals surface area contributed by atoms with Gasteiger partial charge in [0.1, 0.15) is 30.3 Å². The van der Waals surface area contributed by atoms with Crippen molar-refractivity contribution in [3.63, 3.8) is 0 Å². The molecule has 0 spiro atoms. The van der Waals surface area contributed by atoms with E-state index in [4.69, 9.17) is 18.9 Å². The predicted molar refractivity (Wildman–Crippen MR) is 152 cm³/mol. The number of benzene rings is 3. The number of hydrogen-bond donors (Lipinski definition) is 1. The van der Waals surface area contributed by atoms with Gasteiger partial charge < -0.3 is 24.3 Å². The summed E-state index contributed by atoms with van der Waals surface area (Å²) < 4.78 is 61.7. The molecule has 0 fully saturated rings. The Morgan fingerprint density at radius 3 is 2.47 bits per heavy atom. The monoisotopic (exact) mass is 591 g/mol. The van der Waals surface area contributed by atoms with Gasteiger partial charge in [0.05, 0.1) is 24.8 Å². The molecular formula is C31H24F3N3O6. The van der Waals surface area contributed by atoms with Crippen molar-refractivity contribution in [1.29, 1.82) is 0 Å². The minimum Gasteiger partial charge on any atom is -0.493 e. The van der Waals surface area contributed by atoms with Gasteiger partial charge in [-0.25, -0.2) is 9.97 Å². The number of nitrogens with one attached hydrogen (secondary N) is 1. The number of rotatable bonds is 10. The van der Waals surface area contributed by atoms with Gasteiger partial charge in [0, 0.05) is 35.4 Å². The van der Waals surface area contributed by atoms with Crippen LogP contribution in [0.1, 0.15) is 11.1 Å². The first kappa shape index (κ1) is 29.3. The van der Waals surface area contributed by atoms with Gasteiger partial charge in [-0.05, 0) is 60.7 Å². The first-order valence-electron chi connectivity index (χ1n) is 12.9. The van der Waals surface area contributed by atoms with E-state index in [2.05, 4.69) is 15.3 Å². The summed E-state index contributed by atoms with van der Waals surface area (Å²) in [5.74, 6) is 0.477. The maximum absolute atomic E-state index is 13.2. The summed E-state index contributed by atoms with van der Waals surface area (Å²) in [6, 6.07) is 12.4. The Balaban J connectivity index is 1.55. The van der Waals surface area contributed by atoms with E-state index in [0.717, 1.165) is 24.3 Å². The Morgan fingerprint density at radius 2 is 1.70 bits per heavy atom. The Kier molecular flexibility index (Phi) is 8.39. The van der Waals surface area contributed by atoms with Gasteiger partial charge in [0.15, 0.2) is 23.1 Å². The van der Waals surface area contributed by atoms with Crippen LogP contribution >= 0.6 is 0 Å². The number of ether oxygens (including phenoxy) is 4. The number of carbonyl (C=O) groups excluding carboxylic acids is 2. The minimum atomic E-state index is -4.55. The van der Waals surface area contributed by atoms with E-state index >= 15 is 0 Å². The normalized spacial score (nSPS) is 13.2. The minimum absolute atomic E-state index is 0.0566. The van der Waals surface area contributed by atoms with E-state index in [0.29, 0.717) is 47.1 Å². The molecule has 1 aromatic heterocycles. The summed E-state index contributed by atoms with van der Waals surface area (Å²) in [6.07, 6.45) is 0.278. The highest BCUT2D eigenvalue weighted by Gasteiger charge is 2.30. The van der Waals surface area contributed by atoms with E-state index < -0.39 is 23.3 Å². The van der Waals surface area contributed by atoms with Crippen LogP contribution in [0.4, 0.5) is 24.7 Å². The maximum Gasteiger partial charge on any atom is 0.416 e. The third kappa shape index (κ3) is 6.65. The lowest BCUT2D eigenvalue weighted by Crippen LogP contribution is -2.09. The summed E-state index contributed by atoms with van der Waals surface area (Å²) in [7, 11) is 3.06. The molecule has 0 saturated heterocycles. The fourth-order valence-corrected chi connectivity index (χ4v) is 4.31. The summed E-state index contributed by atoms with van der Waals surface area (Å²) in [5.41, 5.74) is 0.365. The number of ketones is 2. The fraction of sp³-hybridized carbons (Fsp3) is 0.161. The number of hydrogen-bond acceptors (Lipinski definition) is 9. The summed E-state index contributed by atoms with van der Waals surface area (Å²) in [6.45, 7) is 0.670. The SMILES string of the molecule is COCCOc1cc2ncnc(Nc3ccc(Oc4cccc(C(F)(F)F)c4)cc3C3=CC(=O)C=CC3=O)c2cc1OC. The first-order chi connectivity index (χ1) is 20.7. The fourth-order valence-electron chi connectivity index (χ4n) is 4.31. The first-order valence-corrected chi connectivity index (χ1v) is 12.9. The van der Waals surface area contributed by atoms with Crippen LogP contribution in [0.3, 0.4) is 0 Å². The van der Waals surface area contributed by atoms with Gasteiger partial charge in [-0.3, -0.25) is 9.59 Å². The van der Waals surface area contributed by atoms with E-state index in [1.54, 1.807) is 25.3 Å². The smallest absolute Gasteiger partial charge is 0.416 e. The number of halogens is 3. The highest BCUT2D eigenvalue weighted by Crippen LogP contribution is 2.38. The Morgan fingerprint density at radius 1 is 0.884 bits per heavy atom. The van der Waals surface area contributed by atoms with Crippen molar-refractivity contribution in [2.45, 2.75) is 6.18 Å². The van der Waals surface area contributed by atoms with Crippen LogP contribution in [-0.2, 0) is 20.5 Å². The number of fused-ring (bicyclic) bond motifs is 1. The zero-order valence-corrected chi connectivity index (χ0v) is 22.9. The van der Waals surface area contributed by atoms with Crippen LogP contribution in [0.2, 0.25) is 0 Å². The molecule has 9 nitrogen and oxygen atoms in total. The van der Waals surface area contributed by atoms with Gasteiger partial charge in [-0.2, -0.15) is 13.2 Å². The van der Waals surface area contributed by atoms with Gasteiger partial charge in [0.2, 0.25) is 0 Å². The number of aromatic nitrogens is 2. The molecule has 0 radical (unpaired) electrons. The van der Waals surface area contributed by atoms with Crippen molar-refractivity contribution in [2.75, 3.05) is 32.8 Å². The molecule has 1 N–H and O–H groups in total. The van der Waals surface area contributed by atoms with E-state index in [1.807, 2.05) is 0 Å². The van der Waals surface area contributed by atoms with Gasteiger partial charge in [-0.15, -0.1) is 0 Å². The van der Waals surface area contributed by atoms with E-state index in [9.17, 15) is 22.8 Å². The molecule has 4 aromatic rings. The number of allylic oxidation sites excluding steroid dienone is 4. The molecule has 1 aliphatic carbocycles. The molecule has 1 aliphatic rings. The van der Waals surface area contributed by atoms with Crippen molar-refractivity contribution >= 4 is 39.5 Å². The number of methoxy groups -OCH3 is 2. The molecule has 0 unspecified atom stereocenters. The van der Waals surface area contributed by atoms with Gasteiger partial charge in [0.25, 0.3) is 0 Å². The molecule has 3 aromatic carbocycles.